The van der Waals surface area contributed by atoms with Crippen LogP contribution in [0.25, 0.3) is 0 Å². The van der Waals surface area contributed by atoms with E-state index in [0.717, 1.165) is 11.3 Å². The van der Waals surface area contributed by atoms with Gasteiger partial charge in [0.05, 0.1) is 9.40 Å². The molecule has 0 aliphatic rings. The van der Waals surface area contributed by atoms with E-state index in [2.05, 4.69) is 37.2 Å². The molecule has 0 saturated carbocycles. The predicted molar refractivity (Wildman–Crippen MR) is 82.2 cm³/mol. The monoisotopic (exact) mass is 402 g/mol. The van der Waals surface area contributed by atoms with Gasteiger partial charge in [-0.15, -0.1) is 0 Å². The summed E-state index contributed by atoms with van der Waals surface area (Å²) in [5.74, 6) is -0.315. The summed E-state index contributed by atoms with van der Waals surface area (Å²) in [7, 11) is 0. The summed E-state index contributed by atoms with van der Waals surface area (Å²) in [5.41, 5.74) is 1.64. The Labute approximate surface area is 131 Å². The minimum atomic E-state index is -0.453. The normalized spacial score (nSPS) is 10.3. The Morgan fingerprint density at radius 2 is 1.90 bits per heavy atom. The van der Waals surface area contributed by atoms with Crippen molar-refractivity contribution in [3.05, 3.63) is 66.8 Å². The fourth-order valence-electron chi connectivity index (χ4n) is 1.61. The zero-order valence-corrected chi connectivity index (χ0v) is 13.2. The SMILES string of the molecule is O=[N+]([O-])c1ccc(NCc2ccc(F)c(Br)c2)c(Br)c1. The highest BCUT2D eigenvalue weighted by molar-refractivity contribution is 9.10. The number of nitrogens with zero attached hydrogens (tertiary/aromatic N) is 1. The molecule has 0 spiro atoms. The zero-order valence-electron chi connectivity index (χ0n) is 10.1. The minimum Gasteiger partial charge on any atom is -0.380 e. The molecule has 0 saturated heterocycles. The number of anilines is 1. The number of hydrogen-bond acceptors (Lipinski definition) is 3. The fraction of sp³-hybridized carbons (Fsp3) is 0.0769. The van der Waals surface area contributed by atoms with Crippen LogP contribution in [0.4, 0.5) is 15.8 Å². The number of benzene rings is 2. The molecule has 0 aliphatic heterocycles. The Morgan fingerprint density at radius 3 is 2.50 bits per heavy atom. The lowest BCUT2D eigenvalue weighted by atomic mass is 10.2. The minimum absolute atomic E-state index is 0.0203. The molecule has 0 atom stereocenters. The summed E-state index contributed by atoms with van der Waals surface area (Å²) < 4.78 is 14.1. The van der Waals surface area contributed by atoms with Gasteiger partial charge in [-0.2, -0.15) is 0 Å². The summed E-state index contributed by atoms with van der Waals surface area (Å²) in [6, 6.07) is 9.22. The fourth-order valence-corrected chi connectivity index (χ4v) is 2.54. The molecule has 0 radical (unpaired) electrons. The van der Waals surface area contributed by atoms with Crippen molar-refractivity contribution in [2.45, 2.75) is 6.54 Å². The van der Waals surface area contributed by atoms with E-state index in [0.29, 0.717) is 15.5 Å². The van der Waals surface area contributed by atoms with E-state index in [1.807, 2.05) is 0 Å². The van der Waals surface area contributed by atoms with Crippen LogP contribution in [0.1, 0.15) is 5.56 Å². The van der Waals surface area contributed by atoms with Gasteiger partial charge in [-0.05, 0) is 55.6 Å². The van der Waals surface area contributed by atoms with Crippen LogP contribution in [0.5, 0.6) is 0 Å². The van der Waals surface area contributed by atoms with Gasteiger partial charge in [-0.3, -0.25) is 10.1 Å². The van der Waals surface area contributed by atoms with Crippen LogP contribution in [-0.2, 0) is 6.54 Å². The van der Waals surface area contributed by atoms with Crippen molar-refractivity contribution in [2.75, 3.05) is 5.32 Å². The maximum atomic E-state index is 13.1. The number of hydrogen-bond donors (Lipinski definition) is 1. The molecule has 104 valence electrons. The number of nitrogens with one attached hydrogen (secondary N) is 1. The lowest BCUT2D eigenvalue weighted by molar-refractivity contribution is -0.384. The van der Waals surface area contributed by atoms with Gasteiger partial charge in [0.1, 0.15) is 5.82 Å². The molecule has 4 nitrogen and oxygen atoms in total. The molecule has 7 heteroatoms. The van der Waals surface area contributed by atoms with Gasteiger partial charge in [0.15, 0.2) is 0 Å². The van der Waals surface area contributed by atoms with Gasteiger partial charge in [0.2, 0.25) is 0 Å². The second-order valence-electron chi connectivity index (χ2n) is 4.02. The summed E-state index contributed by atoms with van der Waals surface area (Å²) in [6.07, 6.45) is 0. The van der Waals surface area contributed by atoms with Crippen molar-refractivity contribution < 1.29 is 9.31 Å². The highest BCUT2D eigenvalue weighted by atomic mass is 79.9. The Bertz CT molecular complexity index is 665. The van der Waals surface area contributed by atoms with Gasteiger partial charge in [-0.25, -0.2) is 4.39 Å². The Balaban J connectivity index is 2.10. The molecule has 0 aromatic heterocycles. The van der Waals surface area contributed by atoms with E-state index in [1.165, 1.54) is 18.2 Å². The first-order chi connectivity index (χ1) is 9.47. The van der Waals surface area contributed by atoms with Gasteiger partial charge in [0, 0.05) is 28.8 Å². The summed E-state index contributed by atoms with van der Waals surface area (Å²) in [6.45, 7) is 0.481. The standard InChI is InChI=1S/C13H9Br2FN2O2/c14-10-5-8(1-3-12(10)16)7-17-13-4-2-9(18(19)20)6-11(13)15/h1-6,17H,7H2. The quantitative estimate of drug-likeness (QED) is 0.585. The van der Waals surface area contributed by atoms with Crippen LogP contribution in [0.3, 0.4) is 0 Å². The zero-order chi connectivity index (χ0) is 14.7. The van der Waals surface area contributed by atoms with E-state index in [4.69, 9.17) is 0 Å². The topological polar surface area (TPSA) is 55.2 Å². The van der Waals surface area contributed by atoms with Crippen LogP contribution >= 0.6 is 31.9 Å². The van der Waals surface area contributed by atoms with Crippen molar-refractivity contribution in [3.8, 4) is 0 Å². The lowest BCUT2D eigenvalue weighted by Crippen LogP contribution is -2.01. The second-order valence-corrected chi connectivity index (χ2v) is 5.73. The number of rotatable bonds is 4. The molecule has 0 heterocycles. The van der Waals surface area contributed by atoms with Crippen molar-refractivity contribution in [2.24, 2.45) is 0 Å². The lowest BCUT2D eigenvalue weighted by Gasteiger charge is -2.09. The highest BCUT2D eigenvalue weighted by Gasteiger charge is 2.09. The molecular formula is C13H9Br2FN2O2. The first-order valence-corrected chi connectivity index (χ1v) is 7.17. The smallest absolute Gasteiger partial charge is 0.270 e. The predicted octanol–water partition coefficient (Wildman–Crippen LogP) is 4.87. The average Bonchev–Trinajstić information content (AvgIpc) is 2.41. The summed E-state index contributed by atoms with van der Waals surface area (Å²) in [5, 5.41) is 13.8. The Hall–Kier alpha value is -1.47. The average molecular weight is 404 g/mol. The molecular weight excluding hydrogens is 395 g/mol. The number of halogens is 3. The van der Waals surface area contributed by atoms with Crippen LogP contribution in [0.15, 0.2) is 45.3 Å². The molecule has 0 amide bonds. The maximum absolute atomic E-state index is 13.1. The molecule has 2 rings (SSSR count). The third-order valence-electron chi connectivity index (χ3n) is 2.63. The molecule has 1 N–H and O–H groups in total. The number of nitro groups is 1. The van der Waals surface area contributed by atoms with Crippen molar-refractivity contribution in [3.63, 3.8) is 0 Å². The van der Waals surface area contributed by atoms with Gasteiger partial charge >= 0.3 is 0 Å². The van der Waals surface area contributed by atoms with E-state index in [1.54, 1.807) is 18.2 Å². The number of non-ortho nitro benzene ring substituents is 1. The van der Waals surface area contributed by atoms with Crippen LogP contribution in [0.2, 0.25) is 0 Å². The molecule has 2 aromatic rings. The third kappa shape index (κ3) is 3.55. The maximum Gasteiger partial charge on any atom is 0.270 e. The second kappa shape index (κ2) is 6.32. The van der Waals surface area contributed by atoms with E-state index >= 15 is 0 Å². The third-order valence-corrected chi connectivity index (χ3v) is 3.89. The van der Waals surface area contributed by atoms with Gasteiger partial charge < -0.3 is 5.32 Å². The molecule has 0 aliphatic carbocycles. The highest BCUT2D eigenvalue weighted by Crippen LogP contribution is 2.27. The molecule has 20 heavy (non-hydrogen) atoms. The van der Waals surface area contributed by atoms with Crippen LogP contribution in [0, 0.1) is 15.9 Å². The van der Waals surface area contributed by atoms with E-state index < -0.39 is 4.92 Å². The first kappa shape index (κ1) is 14.9. The molecule has 0 unspecified atom stereocenters. The van der Waals surface area contributed by atoms with E-state index in [9.17, 15) is 14.5 Å². The van der Waals surface area contributed by atoms with Crippen molar-refractivity contribution in [1.29, 1.82) is 0 Å². The van der Waals surface area contributed by atoms with Gasteiger partial charge in [-0.1, -0.05) is 6.07 Å². The van der Waals surface area contributed by atoms with Crippen molar-refractivity contribution >= 4 is 43.2 Å². The molecule has 0 fully saturated rings. The number of nitro benzene ring substituents is 1. The summed E-state index contributed by atoms with van der Waals surface area (Å²) >= 11 is 6.40. The van der Waals surface area contributed by atoms with Crippen LogP contribution in [-0.4, -0.2) is 4.92 Å². The van der Waals surface area contributed by atoms with Crippen molar-refractivity contribution in [1.82, 2.24) is 0 Å². The summed E-state index contributed by atoms with van der Waals surface area (Å²) in [4.78, 5) is 10.2. The largest absolute Gasteiger partial charge is 0.380 e. The van der Waals surface area contributed by atoms with E-state index in [-0.39, 0.29) is 11.5 Å². The first-order valence-electron chi connectivity index (χ1n) is 5.59. The Morgan fingerprint density at radius 1 is 1.15 bits per heavy atom. The van der Waals surface area contributed by atoms with Gasteiger partial charge in [0.25, 0.3) is 5.69 Å². The molecule has 0 bridgehead atoms. The van der Waals surface area contributed by atoms with Crippen LogP contribution < -0.4 is 5.32 Å². The Kier molecular flexibility index (Phi) is 4.72. The molecule has 2 aromatic carbocycles.